The van der Waals surface area contributed by atoms with E-state index in [1.165, 1.54) is 5.57 Å². The van der Waals surface area contributed by atoms with Crippen molar-refractivity contribution < 1.29 is 4.79 Å². The topological polar surface area (TPSA) is 17.1 Å². The van der Waals surface area contributed by atoms with E-state index in [0.717, 1.165) is 19.3 Å². The third-order valence-corrected chi connectivity index (χ3v) is 3.95. The fraction of sp³-hybridized carbons (Fsp3) is 0.588. The van der Waals surface area contributed by atoms with Crippen molar-refractivity contribution in [2.24, 2.45) is 17.8 Å². The summed E-state index contributed by atoms with van der Waals surface area (Å²) in [5.74, 6) is 1.55. The van der Waals surface area contributed by atoms with Crippen molar-refractivity contribution in [1.82, 2.24) is 0 Å². The molecule has 0 heterocycles. The fourth-order valence-corrected chi connectivity index (χ4v) is 2.37. The summed E-state index contributed by atoms with van der Waals surface area (Å²) in [5, 5.41) is 0. The highest BCUT2D eigenvalue weighted by Gasteiger charge is 2.15. The first-order chi connectivity index (χ1) is 8.52. The number of allylic oxidation sites excluding steroid dienone is 6. The molecule has 3 atom stereocenters. The third kappa shape index (κ3) is 4.64. The molecule has 0 bridgehead atoms. The molecule has 0 aromatic carbocycles. The second-order valence-electron chi connectivity index (χ2n) is 5.50. The van der Waals surface area contributed by atoms with E-state index >= 15 is 0 Å². The van der Waals surface area contributed by atoms with E-state index in [4.69, 9.17) is 0 Å². The summed E-state index contributed by atoms with van der Waals surface area (Å²) < 4.78 is 0. The smallest absolute Gasteiger partial charge is 0.136 e. The van der Waals surface area contributed by atoms with E-state index in [1.54, 1.807) is 6.92 Å². The molecule has 0 N–H and O–H groups in total. The molecule has 100 valence electrons. The van der Waals surface area contributed by atoms with Gasteiger partial charge in [-0.05, 0) is 44.9 Å². The maximum atomic E-state index is 11.7. The Labute approximate surface area is 112 Å². The molecular formula is C17H26O. The Bertz CT molecular complexity index is 360. The van der Waals surface area contributed by atoms with Gasteiger partial charge in [-0.15, -0.1) is 0 Å². The standard InChI is InChI=1S/C17H26O/c1-13-9-5-6-11-15(3)17(16(4)18)12-8-7-10-14(13)2/h5,7,9-11,13-14,17H,6,8,12H2,1-4H3/b9-5-,10-7-,15-11?. The lowest BCUT2D eigenvalue weighted by Crippen LogP contribution is -2.12. The van der Waals surface area contributed by atoms with Gasteiger partial charge in [0, 0.05) is 5.92 Å². The molecule has 0 amide bonds. The number of carbonyl (C=O) groups is 1. The lowest BCUT2D eigenvalue weighted by Gasteiger charge is -2.16. The van der Waals surface area contributed by atoms with Gasteiger partial charge in [0.05, 0.1) is 0 Å². The van der Waals surface area contributed by atoms with E-state index in [1.807, 2.05) is 0 Å². The van der Waals surface area contributed by atoms with Crippen LogP contribution in [0, 0.1) is 17.8 Å². The lowest BCUT2D eigenvalue weighted by atomic mass is 9.89. The highest BCUT2D eigenvalue weighted by Crippen LogP contribution is 2.21. The molecular weight excluding hydrogens is 220 g/mol. The second-order valence-corrected chi connectivity index (χ2v) is 5.50. The SMILES string of the molecule is CC(=O)C1CC/C=C\C(C)C(C)/C=C\CC=C1C. The largest absolute Gasteiger partial charge is 0.299 e. The van der Waals surface area contributed by atoms with Crippen LogP contribution in [0.1, 0.15) is 47.0 Å². The van der Waals surface area contributed by atoms with Crippen molar-refractivity contribution in [1.29, 1.82) is 0 Å². The molecule has 0 aromatic heterocycles. The second kappa shape index (κ2) is 7.35. The molecule has 18 heavy (non-hydrogen) atoms. The minimum atomic E-state index is 0.107. The highest BCUT2D eigenvalue weighted by molar-refractivity contribution is 5.81. The average Bonchev–Trinajstić information content (AvgIpc) is 2.31. The summed E-state index contributed by atoms with van der Waals surface area (Å²) >= 11 is 0. The van der Waals surface area contributed by atoms with Crippen molar-refractivity contribution in [2.75, 3.05) is 0 Å². The molecule has 0 saturated carbocycles. The van der Waals surface area contributed by atoms with Gasteiger partial charge in [-0.1, -0.05) is 49.8 Å². The van der Waals surface area contributed by atoms with Crippen LogP contribution in [0.25, 0.3) is 0 Å². The van der Waals surface area contributed by atoms with E-state index < -0.39 is 0 Å². The molecule has 0 aromatic rings. The summed E-state index contributed by atoms with van der Waals surface area (Å²) in [7, 11) is 0. The monoisotopic (exact) mass is 246 g/mol. The Balaban J connectivity index is 2.85. The Morgan fingerprint density at radius 1 is 1.17 bits per heavy atom. The Morgan fingerprint density at radius 2 is 1.78 bits per heavy atom. The molecule has 0 aliphatic heterocycles. The number of ketones is 1. The third-order valence-electron chi connectivity index (χ3n) is 3.95. The minimum absolute atomic E-state index is 0.107. The molecule has 0 fully saturated rings. The minimum Gasteiger partial charge on any atom is -0.299 e. The summed E-state index contributed by atoms with van der Waals surface area (Å²) in [5.41, 5.74) is 1.22. The maximum absolute atomic E-state index is 11.7. The van der Waals surface area contributed by atoms with Crippen LogP contribution >= 0.6 is 0 Å². The van der Waals surface area contributed by atoms with Crippen LogP contribution in [0.3, 0.4) is 0 Å². The van der Waals surface area contributed by atoms with Crippen molar-refractivity contribution in [3.8, 4) is 0 Å². The molecule has 1 heteroatoms. The van der Waals surface area contributed by atoms with Crippen LogP contribution in [0.15, 0.2) is 36.0 Å². The first kappa shape index (κ1) is 14.9. The van der Waals surface area contributed by atoms with Gasteiger partial charge in [0.2, 0.25) is 0 Å². The van der Waals surface area contributed by atoms with Gasteiger partial charge < -0.3 is 0 Å². The first-order valence-electron chi connectivity index (χ1n) is 7.02. The zero-order chi connectivity index (χ0) is 13.5. The van der Waals surface area contributed by atoms with E-state index in [0.29, 0.717) is 17.6 Å². The summed E-state index contributed by atoms with van der Waals surface area (Å²) in [6.45, 7) is 8.30. The molecule has 1 aliphatic rings. The maximum Gasteiger partial charge on any atom is 0.136 e. The van der Waals surface area contributed by atoms with Gasteiger partial charge in [0.1, 0.15) is 5.78 Å². The van der Waals surface area contributed by atoms with Gasteiger partial charge in [0.15, 0.2) is 0 Å². The van der Waals surface area contributed by atoms with Crippen LogP contribution in [0.5, 0.6) is 0 Å². The van der Waals surface area contributed by atoms with E-state index in [9.17, 15) is 4.79 Å². The summed E-state index contributed by atoms with van der Waals surface area (Å²) in [6.07, 6.45) is 14.1. The van der Waals surface area contributed by atoms with Crippen molar-refractivity contribution in [3.63, 3.8) is 0 Å². The molecule has 1 rings (SSSR count). The van der Waals surface area contributed by atoms with Crippen LogP contribution < -0.4 is 0 Å². The Kier molecular flexibility index (Phi) is 6.11. The number of carbonyl (C=O) groups excluding carboxylic acids is 1. The lowest BCUT2D eigenvalue weighted by molar-refractivity contribution is -0.119. The highest BCUT2D eigenvalue weighted by atomic mass is 16.1. The zero-order valence-corrected chi connectivity index (χ0v) is 12.1. The van der Waals surface area contributed by atoms with Crippen molar-refractivity contribution in [2.45, 2.75) is 47.0 Å². The predicted octanol–water partition coefficient (Wildman–Crippen LogP) is 4.71. The van der Waals surface area contributed by atoms with Crippen LogP contribution in [-0.4, -0.2) is 5.78 Å². The molecule has 1 aliphatic carbocycles. The van der Waals surface area contributed by atoms with Gasteiger partial charge in [-0.25, -0.2) is 0 Å². The molecule has 0 saturated heterocycles. The van der Waals surface area contributed by atoms with Gasteiger partial charge >= 0.3 is 0 Å². The summed E-state index contributed by atoms with van der Waals surface area (Å²) in [6, 6.07) is 0. The molecule has 0 spiro atoms. The van der Waals surface area contributed by atoms with Gasteiger partial charge in [-0.3, -0.25) is 4.79 Å². The van der Waals surface area contributed by atoms with Crippen LogP contribution in [0.2, 0.25) is 0 Å². The zero-order valence-electron chi connectivity index (χ0n) is 12.1. The first-order valence-corrected chi connectivity index (χ1v) is 7.02. The Morgan fingerprint density at radius 3 is 2.39 bits per heavy atom. The van der Waals surface area contributed by atoms with Crippen LogP contribution in [0.4, 0.5) is 0 Å². The molecule has 0 radical (unpaired) electrons. The van der Waals surface area contributed by atoms with Gasteiger partial charge in [-0.2, -0.15) is 0 Å². The fourth-order valence-electron chi connectivity index (χ4n) is 2.37. The van der Waals surface area contributed by atoms with Crippen LogP contribution in [-0.2, 0) is 4.79 Å². The normalized spacial score (nSPS) is 33.8. The van der Waals surface area contributed by atoms with E-state index in [-0.39, 0.29) is 5.92 Å². The van der Waals surface area contributed by atoms with Crippen molar-refractivity contribution >= 4 is 5.78 Å². The number of Topliss-reactive ketones (excluding diaryl/α,β-unsaturated/α-hetero) is 1. The predicted molar refractivity (Wildman–Crippen MR) is 78.4 cm³/mol. The molecule has 1 nitrogen and oxygen atoms in total. The summed E-state index contributed by atoms with van der Waals surface area (Å²) in [4.78, 5) is 11.7. The number of rotatable bonds is 1. The average molecular weight is 246 g/mol. The van der Waals surface area contributed by atoms with Gasteiger partial charge in [0.25, 0.3) is 0 Å². The number of hydrogen-bond donors (Lipinski definition) is 0. The quantitative estimate of drug-likeness (QED) is 0.613. The van der Waals surface area contributed by atoms with Crippen molar-refractivity contribution in [3.05, 3.63) is 36.0 Å². The number of hydrogen-bond acceptors (Lipinski definition) is 1. The Hall–Kier alpha value is -1.11. The van der Waals surface area contributed by atoms with E-state index in [2.05, 4.69) is 51.2 Å². The molecule has 3 unspecified atom stereocenters.